The number of hydrogen-bond acceptors (Lipinski definition) is 7. The molecule has 0 radical (unpaired) electrons. The molecule has 0 aliphatic carbocycles. The number of halogens is 1. The molecule has 0 bridgehead atoms. The summed E-state index contributed by atoms with van der Waals surface area (Å²) in [5, 5.41) is 12.6. The van der Waals surface area contributed by atoms with E-state index in [1.54, 1.807) is 29.7 Å². The number of carbonyl (C=O) groups is 1. The minimum Gasteiger partial charge on any atom is -0.481 e. The molecule has 0 spiro atoms. The molecule has 0 unspecified atom stereocenters. The number of ether oxygens (including phenoxy) is 1. The Balaban J connectivity index is 1.27. The molecule has 1 amide bonds. The topological polar surface area (TPSA) is 86.3 Å². The van der Waals surface area contributed by atoms with Gasteiger partial charge in [-0.3, -0.25) is 4.79 Å². The third-order valence-corrected chi connectivity index (χ3v) is 5.52. The molecule has 8 nitrogen and oxygen atoms in total. The maximum absolute atomic E-state index is 13.0. The molecule has 0 aliphatic rings. The molecule has 1 atom stereocenters. The summed E-state index contributed by atoms with van der Waals surface area (Å²) in [4.78, 5) is 14.2. The largest absolute Gasteiger partial charge is 0.481 e. The molecule has 0 fully saturated rings. The third-order valence-electron chi connectivity index (χ3n) is 4.72. The number of benzene rings is 2. The van der Waals surface area contributed by atoms with Crippen molar-refractivity contribution in [2.75, 3.05) is 12.8 Å². The van der Waals surface area contributed by atoms with Crippen molar-refractivity contribution in [1.29, 1.82) is 0 Å². The van der Waals surface area contributed by atoms with Gasteiger partial charge in [0.2, 0.25) is 5.91 Å². The van der Waals surface area contributed by atoms with Gasteiger partial charge in [0.05, 0.1) is 17.6 Å². The summed E-state index contributed by atoms with van der Waals surface area (Å²) >= 11 is 1.16. The zero-order chi connectivity index (χ0) is 23.2. The van der Waals surface area contributed by atoms with Crippen LogP contribution >= 0.6 is 11.8 Å². The average Bonchev–Trinajstić information content (AvgIpc) is 3.49. The van der Waals surface area contributed by atoms with E-state index in [0.29, 0.717) is 12.3 Å². The number of nitrogens with zero attached hydrogens (tertiary/aromatic N) is 5. The van der Waals surface area contributed by atoms with Gasteiger partial charge in [0.1, 0.15) is 11.6 Å². The Labute approximate surface area is 194 Å². The Morgan fingerprint density at radius 1 is 1.18 bits per heavy atom. The Hall–Kier alpha value is -3.66. The molecule has 0 N–H and O–H groups in total. The van der Waals surface area contributed by atoms with E-state index in [1.807, 2.05) is 36.5 Å². The highest BCUT2D eigenvalue weighted by atomic mass is 32.2. The molecule has 2 aromatic carbocycles. The van der Waals surface area contributed by atoms with E-state index in [1.165, 1.54) is 24.3 Å². The number of carbonyl (C=O) groups excluding carboxylic acids is 1. The van der Waals surface area contributed by atoms with Crippen LogP contribution in [-0.4, -0.2) is 43.6 Å². The number of thioether (sulfide) groups is 1. The second-order valence-electron chi connectivity index (χ2n) is 7.29. The average molecular weight is 468 g/mol. The molecular formula is C23H22FN5O3S. The van der Waals surface area contributed by atoms with E-state index in [9.17, 15) is 9.18 Å². The zero-order valence-electron chi connectivity index (χ0n) is 18.1. The van der Waals surface area contributed by atoms with Crippen LogP contribution in [0.25, 0.3) is 5.69 Å². The highest BCUT2D eigenvalue weighted by Crippen LogP contribution is 2.24. The van der Waals surface area contributed by atoms with Crippen molar-refractivity contribution >= 4 is 17.7 Å². The molecule has 0 saturated heterocycles. The maximum Gasteiger partial charge on any atom is 0.277 e. The lowest BCUT2D eigenvalue weighted by atomic mass is 10.3. The van der Waals surface area contributed by atoms with E-state index in [2.05, 4.69) is 15.3 Å². The van der Waals surface area contributed by atoms with Crippen molar-refractivity contribution in [3.63, 3.8) is 0 Å². The molecular weight excluding hydrogens is 445 g/mol. The Bertz CT molecular complexity index is 1200. The minimum absolute atomic E-state index is 0.0807. The predicted molar refractivity (Wildman–Crippen MR) is 121 cm³/mol. The van der Waals surface area contributed by atoms with Crippen LogP contribution in [0.15, 0.2) is 76.6 Å². The first-order valence-electron chi connectivity index (χ1n) is 10.2. The molecule has 170 valence electrons. The first-order valence-corrected chi connectivity index (χ1v) is 11.2. The quantitative estimate of drug-likeness (QED) is 0.340. The standard InChI is InChI=1S/C23H22FN5O3S/c1-16(31-20-10-8-18(24)9-11-20)22-26-27-23(32-22)33-15-21(30)28(2)13-17-12-25-29(14-17)19-6-4-3-5-7-19/h3-12,14,16H,13,15H2,1-2H3/t16-/m0/s1. The summed E-state index contributed by atoms with van der Waals surface area (Å²) in [6, 6.07) is 15.4. The highest BCUT2D eigenvalue weighted by Gasteiger charge is 2.18. The van der Waals surface area contributed by atoms with Crippen LogP contribution in [0.2, 0.25) is 0 Å². The van der Waals surface area contributed by atoms with Crippen molar-refractivity contribution < 1.29 is 18.3 Å². The number of aromatic nitrogens is 4. The number of rotatable bonds is 9. The second-order valence-corrected chi connectivity index (χ2v) is 8.21. The van der Waals surface area contributed by atoms with Gasteiger partial charge in [0, 0.05) is 25.4 Å². The van der Waals surface area contributed by atoms with Crippen LogP contribution in [0.4, 0.5) is 4.39 Å². The van der Waals surface area contributed by atoms with Crippen molar-refractivity contribution in [1.82, 2.24) is 24.9 Å². The van der Waals surface area contributed by atoms with Crippen LogP contribution in [0.1, 0.15) is 24.5 Å². The van der Waals surface area contributed by atoms with Gasteiger partial charge in [-0.15, -0.1) is 10.2 Å². The lowest BCUT2D eigenvalue weighted by molar-refractivity contribution is -0.127. The van der Waals surface area contributed by atoms with Gasteiger partial charge in [-0.2, -0.15) is 5.10 Å². The first-order chi connectivity index (χ1) is 16.0. The summed E-state index contributed by atoms with van der Waals surface area (Å²) in [5.41, 5.74) is 1.88. The van der Waals surface area contributed by atoms with Crippen LogP contribution in [0.3, 0.4) is 0 Å². The molecule has 2 heterocycles. The molecule has 0 saturated carbocycles. The fourth-order valence-corrected chi connectivity index (χ4v) is 3.68. The van der Waals surface area contributed by atoms with Crippen LogP contribution < -0.4 is 4.74 Å². The summed E-state index contributed by atoms with van der Waals surface area (Å²) in [5.74, 6) is 0.492. The van der Waals surface area contributed by atoms with Gasteiger partial charge in [0.25, 0.3) is 11.1 Å². The van der Waals surface area contributed by atoms with E-state index in [4.69, 9.17) is 9.15 Å². The molecule has 4 aromatic rings. The normalized spacial score (nSPS) is 11.8. The van der Waals surface area contributed by atoms with Gasteiger partial charge < -0.3 is 14.1 Å². The smallest absolute Gasteiger partial charge is 0.277 e. The number of amides is 1. The van der Waals surface area contributed by atoms with Gasteiger partial charge in [-0.1, -0.05) is 30.0 Å². The molecule has 0 aliphatic heterocycles. The van der Waals surface area contributed by atoms with E-state index in [-0.39, 0.29) is 28.6 Å². The summed E-state index contributed by atoms with van der Waals surface area (Å²) in [6.07, 6.45) is 3.13. The summed E-state index contributed by atoms with van der Waals surface area (Å²) in [7, 11) is 1.74. The fraction of sp³-hybridized carbons (Fsp3) is 0.217. The van der Waals surface area contributed by atoms with Gasteiger partial charge in [-0.05, 0) is 43.3 Å². The maximum atomic E-state index is 13.0. The van der Waals surface area contributed by atoms with E-state index < -0.39 is 6.10 Å². The summed E-state index contributed by atoms with van der Waals surface area (Å²) in [6.45, 7) is 2.18. The highest BCUT2D eigenvalue weighted by molar-refractivity contribution is 7.99. The minimum atomic E-state index is -0.517. The van der Waals surface area contributed by atoms with Crippen LogP contribution in [0, 0.1) is 5.82 Å². The van der Waals surface area contributed by atoms with Crippen molar-refractivity contribution in [3.8, 4) is 11.4 Å². The van der Waals surface area contributed by atoms with Crippen LogP contribution in [0.5, 0.6) is 5.75 Å². The van der Waals surface area contributed by atoms with Crippen molar-refractivity contribution in [2.24, 2.45) is 0 Å². The monoisotopic (exact) mass is 467 g/mol. The molecule has 2 aromatic heterocycles. The van der Waals surface area contributed by atoms with Gasteiger partial charge in [0.15, 0.2) is 6.10 Å². The lowest BCUT2D eigenvalue weighted by Crippen LogP contribution is -2.27. The predicted octanol–water partition coefficient (Wildman–Crippen LogP) is 4.29. The molecule has 33 heavy (non-hydrogen) atoms. The third kappa shape index (κ3) is 5.98. The Kier molecular flexibility index (Phi) is 7.04. The van der Waals surface area contributed by atoms with E-state index >= 15 is 0 Å². The van der Waals surface area contributed by atoms with Crippen LogP contribution in [-0.2, 0) is 11.3 Å². The zero-order valence-corrected chi connectivity index (χ0v) is 18.9. The SMILES string of the molecule is C[C@H](Oc1ccc(F)cc1)c1nnc(SCC(=O)N(C)Cc2cnn(-c3ccccc3)c2)o1. The Morgan fingerprint density at radius 3 is 2.70 bits per heavy atom. The van der Waals surface area contributed by atoms with Gasteiger partial charge >= 0.3 is 0 Å². The second kappa shape index (κ2) is 10.3. The van der Waals surface area contributed by atoms with E-state index in [0.717, 1.165) is 23.0 Å². The Morgan fingerprint density at radius 2 is 1.94 bits per heavy atom. The lowest BCUT2D eigenvalue weighted by Gasteiger charge is -2.15. The number of hydrogen-bond donors (Lipinski definition) is 0. The van der Waals surface area contributed by atoms with Gasteiger partial charge in [-0.25, -0.2) is 9.07 Å². The fourth-order valence-electron chi connectivity index (χ4n) is 2.97. The number of para-hydroxylation sites is 1. The van der Waals surface area contributed by atoms with Crippen molar-refractivity contribution in [2.45, 2.75) is 24.8 Å². The van der Waals surface area contributed by atoms with Crippen molar-refractivity contribution in [3.05, 3.63) is 84.3 Å². The molecule has 10 heteroatoms. The first kappa shape index (κ1) is 22.5. The molecule has 4 rings (SSSR count). The summed E-state index contributed by atoms with van der Waals surface area (Å²) < 4.78 is 26.1.